The maximum absolute atomic E-state index is 14.2. The van der Waals surface area contributed by atoms with E-state index in [1.54, 1.807) is 18.9 Å². The first-order valence-corrected chi connectivity index (χ1v) is 15.6. The molecule has 1 aliphatic heterocycles. The molecule has 4 aromatic rings. The van der Waals surface area contributed by atoms with Crippen molar-refractivity contribution in [3.8, 4) is 5.75 Å². The van der Waals surface area contributed by atoms with Gasteiger partial charge in [-0.3, -0.25) is 9.69 Å². The van der Waals surface area contributed by atoms with E-state index < -0.39 is 5.60 Å². The summed E-state index contributed by atoms with van der Waals surface area (Å²) in [6.45, 7) is 4.27. The van der Waals surface area contributed by atoms with Crippen LogP contribution in [0.25, 0.3) is 0 Å². The molecule has 4 aromatic carbocycles. The number of benzene rings is 4. The molecule has 0 N–H and O–H groups in total. The van der Waals surface area contributed by atoms with Gasteiger partial charge in [0.15, 0.2) is 11.4 Å². The van der Waals surface area contributed by atoms with Crippen LogP contribution < -0.4 is 4.74 Å². The van der Waals surface area contributed by atoms with Gasteiger partial charge in [-0.2, -0.15) is 0 Å². The van der Waals surface area contributed by atoms with Gasteiger partial charge in [0.05, 0.1) is 18.5 Å². The third kappa shape index (κ3) is 5.56. The fourth-order valence-corrected chi connectivity index (χ4v) is 7.28. The number of ketones is 1. The van der Waals surface area contributed by atoms with Crippen molar-refractivity contribution < 1.29 is 19.1 Å². The number of Topliss-reactive ketones (excluding diaryl/α,β-unsaturated/α-hetero) is 1. The van der Waals surface area contributed by atoms with E-state index in [1.807, 2.05) is 126 Å². The number of nitrogens with zero attached hydrogens (tertiary/aromatic N) is 1. The molecule has 0 radical (unpaired) electrons. The van der Waals surface area contributed by atoms with Crippen molar-refractivity contribution in [1.82, 2.24) is 4.90 Å². The molecule has 1 heterocycles. The van der Waals surface area contributed by atoms with Gasteiger partial charge < -0.3 is 9.47 Å². The molecular weight excluding hydrogens is 542 g/mol. The average Bonchev–Trinajstić information content (AvgIpc) is 3.36. The number of hydrogen-bond donors (Lipinski definition) is 0. The highest BCUT2D eigenvalue weighted by molar-refractivity contribution is 7.99. The van der Waals surface area contributed by atoms with Crippen LogP contribution in [0.1, 0.15) is 53.2 Å². The van der Waals surface area contributed by atoms with Crippen molar-refractivity contribution in [3.63, 3.8) is 0 Å². The van der Waals surface area contributed by atoms with Crippen LogP contribution in [0.4, 0.5) is 4.79 Å². The quantitative estimate of drug-likeness (QED) is 0.168. The van der Waals surface area contributed by atoms with Gasteiger partial charge in [0.25, 0.3) is 0 Å². The molecule has 42 heavy (non-hydrogen) atoms. The average molecular weight is 580 g/mol. The first kappa shape index (κ1) is 29.5. The standard InChI is InChI=1S/C36H37NO4S/c1-25(2)33-36(28-16-10-6-11-17-28,29-18-12-7-13-19-29)41-35(39)37(33)34(42-4)31(26-20-22-30(40-3)23-21-26)24-32(38)27-14-8-5-9-15-27/h5-23,25,31,33-34H,24H2,1-4H3/t31-,33+,34+/m1/s1. The zero-order valence-corrected chi connectivity index (χ0v) is 25.3. The smallest absolute Gasteiger partial charge is 0.412 e. The maximum Gasteiger partial charge on any atom is 0.412 e. The first-order valence-electron chi connectivity index (χ1n) is 14.3. The van der Waals surface area contributed by atoms with Crippen LogP contribution in [0.5, 0.6) is 5.75 Å². The Kier molecular flexibility index (Phi) is 9.03. The summed E-state index contributed by atoms with van der Waals surface area (Å²) < 4.78 is 12.0. The van der Waals surface area contributed by atoms with Crippen LogP contribution >= 0.6 is 11.8 Å². The van der Waals surface area contributed by atoms with Gasteiger partial charge in [-0.1, -0.05) is 117 Å². The van der Waals surface area contributed by atoms with Crippen molar-refractivity contribution in [3.05, 3.63) is 138 Å². The predicted octanol–water partition coefficient (Wildman–Crippen LogP) is 8.16. The van der Waals surface area contributed by atoms with Crippen molar-refractivity contribution >= 4 is 23.6 Å². The molecule has 216 valence electrons. The number of hydrogen-bond acceptors (Lipinski definition) is 5. The lowest BCUT2D eigenvalue weighted by molar-refractivity contribution is 0.0538. The van der Waals surface area contributed by atoms with E-state index in [2.05, 4.69) is 13.8 Å². The Labute approximate surface area is 252 Å². The predicted molar refractivity (Wildman–Crippen MR) is 169 cm³/mol. The third-order valence-corrected chi connectivity index (χ3v) is 9.16. The van der Waals surface area contributed by atoms with Gasteiger partial charge in [-0.25, -0.2) is 4.79 Å². The molecular formula is C36H37NO4S. The van der Waals surface area contributed by atoms with Crippen molar-refractivity contribution in [1.29, 1.82) is 0 Å². The molecule has 1 saturated heterocycles. The van der Waals surface area contributed by atoms with E-state index >= 15 is 0 Å². The minimum Gasteiger partial charge on any atom is -0.497 e. The Bertz CT molecular complexity index is 1440. The van der Waals surface area contributed by atoms with Crippen LogP contribution in [0, 0.1) is 5.92 Å². The summed E-state index contributed by atoms with van der Waals surface area (Å²) >= 11 is 1.57. The Morgan fingerprint density at radius 3 is 1.86 bits per heavy atom. The molecule has 0 aliphatic carbocycles. The molecule has 1 fully saturated rings. The fourth-order valence-electron chi connectivity index (χ4n) is 6.26. The van der Waals surface area contributed by atoms with Gasteiger partial charge in [0.1, 0.15) is 5.75 Å². The zero-order chi connectivity index (χ0) is 29.7. The molecule has 0 spiro atoms. The third-order valence-electron chi connectivity index (χ3n) is 8.12. The molecule has 0 saturated carbocycles. The molecule has 0 aromatic heterocycles. The van der Waals surface area contributed by atoms with Gasteiger partial charge in [-0.15, -0.1) is 11.8 Å². The van der Waals surface area contributed by atoms with Gasteiger partial charge in [0, 0.05) is 29.0 Å². The largest absolute Gasteiger partial charge is 0.497 e. The number of rotatable bonds is 11. The number of methoxy groups -OCH3 is 1. The summed E-state index contributed by atoms with van der Waals surface area (Å²) in [5.41, 5.74) is 2.45. The van der Waals surface area contributed by atoms with Crippen molar-refractivity contribution in [2.24, 2.45) is 5.92 Å². The summed E-state index contributed by atoms with van der Waals surface area (Å²) in [4.78, 5) is 29.8. The van der Waals surface area contributed by atoms with E-state index in [0.717, 1.165) is 22.4 Å². The second-order valence-electron chi connectivity index (χ2n) is 10.9. The monoisotopic (exact) mass is 579 g/mol. The van der Waals surface area contributed by atoms with Crippen molar-refractivity contribution in [2.45, 2.75) is 43.2 Å². The molecule has 0 bridgehead atoms. The van der Waals surface area contributed by atoms with Crippen LogP contribution in [0.3, 0.4) is 0 Å². The molecule has 5 rings (SSSR count). The Hall–Kier alpha value is -4.03. The van der Waals surface area contributed by atoms with Crippen LogP contribution in [-0.4, -0.2) is 41.6 Å². The van der Waals surface area contributed by atoms with Gasteiger partial charge >= 0.3 is 6.09 Å². The SMILES string of the molecule is COc1ccc([C@@H](CC(=O)c2ccccc2)[C@H](SC)N2C(=O)OC(c3ccccc3)(c3ccccc3)[C@@H]2C(C)C)cc1. The lowest BCUT2D eigenvalue weighted by atomic mass is 9.75. The normalized spacial score (nSPS) is 17.5. The highest BCUT2D eigenvalue weighted by Gasteiger charge is 2.59. The molecule has 3 atom stereocenters. The lowest BCUT2D eigenvalue weighted by Gasteiger charge is -2.42. The minimum atomic E-state index is -1.02. The molecule has 1 amide bonds. The summed E-state index contributed by atoms with van der Waals surface area (Å²) in [5, 5.41) is -0.375. The lowest BCUT2D eigenvalue weighted by Crippen LogP contribution is -2.52. The topological polar surface area (TPSA) is 55.8 Å². The van der Waals surface area contributed by atoms with Crippen molar-refractivity contribution in [2.75, 3.05) is 13.4 Å². The molecule has 6 heteroatoms. The van der Waals surface area contributed by atoms with Gasteiger partial charge in [-0.05, 0) is 29.9 Å². The zero-order valence-electron chi connectivity index (χ0n) is 24.5. The Morgan fingerprint density at radius 2 is 1.38 bits per heavy atom. The first-order chi connectivity index (χ1) is 20.4. The maximum atomic E-state index is 14.2. The second kappa shape index (κ2) is 12.9. The van der Waals surface area contributed by atoms with E-state index in [0.29, 0.717) is 5.56 Å². The molecule has 5 nitrogen and oxygen atoms in total. The van der Waals surface area contributed by atoms with Crippen LogP contribution in [0.15, 0.2) is 115 Å². The van der Waals surface area contributed by atoms with E-state index in [1.165, 1.54) is 0 Å². The number of ether oxygens (including phenoxy) is 2. The van der Waals surface area contributed by atoms with E-state index in [4.69, 9.17) is 9.47 Å². The van der Waals surface area contributed by atoms with E-state index in [-0.39, 0.29) is 41.5 Å². The van der Waals surface area contributed by atoms with Gasteiger partial charge in [0.2, 0.25) is 0 Å². The number of amides is 1. The summed E-state index contributed by atoms with van der Waals surface area (Å²) in [7, 11) is 1.64. The summed E-state index contributed by atoms with van der Waals surface area (Å²) in [6.07, 6.45) is 1.86. The van der Waals surface area contributed by atoms with Crippen LogP contribution in [-0.2, 0) is 10.3 Å². The number of cyclic esters (lactones) is 1. The Morgan fingerprint density at radius 1 is 0.857 bits per heavy atom. The number of carbonyl (C=O) groups is 2. The number of thioether (sulfide) groups is 1. The summed E-state index contributed by atoms with van der Waals surface area (Å²) in [5.74, 6) is 0.504. The highest BCUT2D eigenvalue weighted by atomic mass is 32.2. The highest BCUT2D eigenvalue weighted by Crippen LogP contribution is 2.51. The van der Waals surface area contributed by atoms with Crippen LogP contribution in [0.2, 0.25) is 0 Å². The summed E-state index contributed by atoms with van der Waals surface area (Å²) in [6, 6.07) is 36.9. The van der Waals surface area contributed by atoms with E-state index in [9.17, 15) is 9.59 Å². The fraction of sp³-hybridized carbons (Fsp3) is 0.278. The Balaban J connectivity index is 1.65. The number of carbonyl (C=O) groups excluding carboxylic acids is 2. The second-order valence-corrected chi connectivity index (χ2v) is 11.9. The molecule has 1 aliphatic rings. The molecule has 0 unspecified atom stereocenters. The minimum absolute atomic E-state index is 0.0292.